The Labute approximate surface area is 149 Å². The molecular formula is C20H26N2O3. The Bertz CT molecular complexity index is 684. The lowest BCUT2D eigenvalue weighted by molar-refractivity contribution is -0.123. The average molecular weight is 342 g/mol. The van der Waals surface area contributed by atoms with E-state index in [0.717, 1.165) is 12.0 Å². The summed E-state index contributed by atoms with van der Waals surface area (Å²) in [7, 11) is 3.98. The zero-order valence-corrected chi connectivity index (χ0v) is 15.0. The highest BCUT2D eigenvalue weighted by molar-refractivity contribution is 5.77. The van der Waals surface area contributed by atoms with Gasteiger partial charge in [0.2, 0.25) is 0 Å². The van der Waals surface area contributed by atoms with Crippen molar-refractivity contribution in [2.24, 2.45) is 0 Å². The summed E-state index contributed by atoms with van der Waals surface area (Å²) >= 11 is 0. The summed E-state index contributed by atoms with van der Waals surface area (Å²) in [6.07, 6.45) is 1.01. The van der Waals surface area contributed by atoms with E-state index >= 15 is 0 Å². The molecule has 0 aromatic heterocycles. The van der Waals surface area contributed by atoms with Gasteiger partial charge in [-0.05, 0) is 43.8 Å². The third-order valence-corrected chi connectivity index (χ3v) is 4.11. The molecule has 0 spiro atoms. The van der Waals surface area contributed by atoms with Crippen molar-refractivity contribution < 1.29 is 14.6 Å². The summed E-state index contributed by atoms with van der Waals surface area (Å²) in [6.45, 7) is 2.48. The quantitative estimate of drug-likeness (QED) is 0.774. The molecule has 2 N–H and O–H groups in total. The first-order chi connectivity index (χ1) is 12.0. The fourth-order valence-electron chi connectivity index (χ4n) is 2.56. The number of phenols is 1. The van der Waals surface area contributed by atoms with Gasteiger partial charge < -0.3 is 20.1 Å². The van der Waals surface area contributed by atoms with Gasteiger partial charge in [-0.2, -0.15) is 0 Å². The minimum Gasteiger partial charge on any atom is -0.504 e. The van der Waals surface area contributed by atoms with Gasteiger partial charge in [-0.25, -0.2) is 0 Å². The topological polar surface area (TPSA) is 61.8 Å². The second kappa shape index (κ2) is 9.08. The van der Waals surface area contributed by atoms with Gasteiger partial charge in [0.05, 0.1) is 6.04 Å². The molecule has 1 atom stereocenters. The highest BCUT2D eigenvalue weighted by Gasteiger charge is 2.15. The van der Waals surface area contributed by atoms with Crippen molar-refractivity contribution >= 4 is 5.91 Å². The standard InChI is InChI=1S/C20H26N2O3/c1-4-15-9-11-16(12-10-15)17(22(2)3)13-21-20(24)14-25-19-8-6-5-7-18(19)23/h5-12,17,23H,4,13-14H2,1-3H3,(H,21,24). The van der Waals surface area contributed by atoms with E-state index in [-0.39, 0.29) is 24.3 Å². The van der Waals surface area contributed by atoms with Crippen LogP contribution in [0.4, 0.5) is 0 Å². The molecule has 25 heavy (non-hydrogen) atoms. The van der Waals surface area contributed by atoms with Crippen molar-refractivity contribution in [3.05, 3.63) is 59.7 Å². The van der Waals surface area contributed by atoms with Crippen molar-refractivity contribution in [2.45, 2.75) is 19.4 Å². The van der Waals surface area contributed by atoms with Crippen LogP contribution in [0.25, 0.3) is 0 Å². The number of nitrogens with one attached hydrogen (secondary N) is 1. The lowest BCUT2D eigenvalue weighted by Crippen LogP contribution is -2.36. The average Bonchev–Trinajstić information content (AvgIpc) is 2.61. The fraction of sp³-hybridized carbons (Fsp3) is 0.350. The Balaban J connectivity index is 1.89. The maximum atomic E-state index is 12.1. The van der Waals surface area contributed by atoms with Gasteiger partial charge in [0.1, 0.15) is 0 Å². The maximum Gasteiger partial charge on any atom is 0.258 e. The third kappa shape index (κ3) is 5.50. The summed E-state index contributed by atoms with van der Waals surface area (Å²) in [4.78, 5) is 14.1. The van der Waals surface area contributed by atoms with Crippen molar-refractivity contribution in [3.8, 4) is 11.5 Å². The molecule has 1 amide bonds. The number of para-hydroxylation sites is 2. The molecule has 5 heteroatoms. The number of likely N-dealkylation sites (N-methyl/N-ethyl adjacent to an activating group) is 1. The molecule has 2 aromatic carbocycles. The molecule has 0 saturated heterocycles. The molecule has 0 aliphatic heterocycles. The van der Waals surface area contributed by atoms with Crippen LogP contribution < -0.4 is 10.1 Å². The number of carbonyl (C=O) groups is 1. The van der Waals surface area contributed by atoms with Gasteiger partial charge in [0.15, 0.2) is 18.1 Å². The smallest absolute Gasteiger partial charge is 0.258 e. The van der Waals surface area contributed by atoms with Crippen LogP contribution in [0.15, 0.2) is 48.5 Å². The minimum atomic E-state index is -0.222. The van der Waals surface area contributed by atoms with Gasteiger partial charge >= 0.3 is 0 Å². The predicted octanol–water partition coefficient (Wildman–Crippen LogP) is 2.75. The lowest BCUT2D eigenvalue weighted by atomic mass is 10.0. The summed E-state index contributed by atoms with van der Waals surface area (Å²) in [5.74, 6) is 0.106. The number of benzene rings is 2. The van der Waals surface area contributed by atoms with E-state index in [1.54, 1.807) is 18.2 Å². The molecule has 5 nitrogen and oxygen atoms in total. The van der Waals surface area contributed by atoms with Crippen LogP contribution in [0.5, 0.6) is 11.5 Å². The number of hydrogen-bond acceptors (Lipinski definition) is 4. The van der Waals surface area contributed by atoms with Crippen molar-refractivity contribution in [3.63, 3.8) is 0 Å². The molecule has 0 saturated carbocycles. The molecule has 0 heterocycles. The van der Waals surface area contributed by atoms with Gasteiger partial charge in [-0.3, -0.25) is 4.79 Å². The van der Waals surface area contributed by atoms with Crippen LogP contribution in [-0.2, 0) is 11.2 Å². The summed E-state index contributed by atoms with van der Waals surface area (Å²) < 4.78 is 5.35. The first-order valence-electron chi connectivity index (χ1n) is 8.44. The SMILES string of the molecule is CCc1ccc(C(CNC(=O)COc2ccccc2O)N(C)C)cc1. The van der Waals surface area contributed by atoms with Crippen molar-refractivity contribution in [1.82, 2.24) is 10.2 Å². The zero-order chi connectivity index (χ0) is 18.2. The van der Waals surface area contributed by atoms with Crippen LogP contribution >= 0.6 is 0 Å². The van der Waals surface area contributed by atoms with Gasteiger partial charge in [-0.15, -0.1) is 0 Å². The number of rotatable bonds is 8. The first-order valence-corrected chi connectivity index (χ1v) is 8.44. The zero-order valence-electron chi connectivity index (χ0n) is 15.0. The van der Waals surface area contributed by atoms with Gasteiger partial charge in [0, 0.05) is 6.54 Å². The fourth-order valence-corrected chi connectivity index (χ4v) is 2.56. The molecular weight excluding hydrogens is 316 g/mol. The molecule has 0 aliphatic carbocycles. The Morgan fingerprint density at radius 3 is 2.44 bits per heavy atom. The largest absolute Gasteiger partial charge is 0.504 e. The number of aryl methyl sites for hydroxylation is 1. The molecule has 0 fully saturated rings. The lowest BCUT2D eigenvalue weighted by Gasteiger charge is -2.25. The normalized spacial score (nSPS) is 12.0. The molecule has 1 unspecified atom stereocenters. The Morgan fingerprint density at radius 1 is 1.16 bits per heavy atom. The Hall–Kier alpha value is -2.53. The molecule has 2 rings (SSSR count). The minimum absolute atomic E-state index is 0.0254. The number of nitrogens with zero attached hydrogens (tertiary/aromatic N) is 1. The number of aromatic hydroxyl groups is 1. The van der Waals surface area contributed by atoms with Gasteiger partial charge in [0.25, 0.3) is 5.91 Å². The van der Waals surface area contributed by atoms with E-state index in [4.69, 9.17) is 4.74 Å². The van der Waals surface area contributed by atoms with E-state index in [0.29, 0.717) is 12.3 Å². The summed E-state index contributed by atoms with van der Waals surface area (Å²) in [5.41, 5.74) is 2.45. The van der Waals surface area contributed by atoms with E-state index in [2.05, 4.69) is 41.4 Å². The number of carbonyl (C=O) groups excluding carboxylic acids is 1. The molecule has 134 valence electrons. The summed E-state index contributed by atoms with van der Waals surface area (Å²) in [5, 5.41) is 12.5. The predicted molar refractivity (Wildman–Crippen MR) is 98.9 cm³/mol. The third-order valence-electron chi connectivity index (χ3n) is 4.11. The van der Waals surface area contributed by atoms with E-state index in [9.17, 15) is 9.90 Å². The molecule has 0 radical (unpaired) electrons. The number of ether oxygens (including phenoxy) is 1. The van der Waals surface area contributed by atoms with Crippen LogP contribution in [0.3, 0.4) is 0 Å². The highest BCUT2D eigenvalue weighted by atomic mass is 16.5. The first kappa shape index (κ1) is 18.8. The summed E-state index contributed by atoms with van der Waals surface area (Å²) in [6, 6.07) is 15.1. The van der Waals surface area contributed by atoms with Crippen LogP contribution in [-0.4, -0.2) is 43.2 Å². The van der Waals surface area contributed by atoms with Crippen molar-refractivity contribution in [2.75, 3.05) is 27.2 Å². The van der Waals surface area contributed by atoms with E-state index < -0.39 is 0 Å². The second-order valence-electron chi connectivity index (χ2n) is 6.14. The second-order valence-corrected chi connectivity index (χ2v) is 6.14. The Morgan fingerprint density at radius 2 is 1.84 bits per heavy atom. The highest BCUT2D eigenvalue weighted by Crippen LogP contribution is 2.24. The van der Waals surface area contributed by atoms with E-state index in [1.165, 1.54) is 11.6 Å². The monoisotopic (exact) mass is 342 g/mol. The van der Waals surface area contributed by atoms with Crippen molar-refractivity contribution in [1.29, 1.82) is 0 Å². The number of amides is 1. The Kier molecular flexibility index (Phi) is 6.83. The maximum absolute atomic E-state index is 12.1. The van der Waals surface area contributed by atoms with Crippen LogP contribution in [0.2, 0.25) is 0 Å². The molecule has 2 aromatic rings. The molecule has 0 bridgehead atoms. The number of phenolic OH excluding ortho intramolecular Hbond substituents is 1. The van der Waals surface area contributed by atoms with E-state index in [1.807, 2.05) is 14.1 Å². The molecule has 0 aliphatic rings. The van der Waals surface area contributed by atoms with Crippen LogP contribution in [0, 0.1) is 0 Å². The number of hydrogen-bond donors (Lipinski definition) is 2. The van der Waals surface area contributed by atoms with Crippen LogP contribution in [0.1, 0.15) is 24.1 Å². The van der Waals surface area contributed by atoms with Gasteiger partial charge in [-0.1, -0.05) is 43.3 Å².